The standard InChI is InChI=1S/C24H39N2O3PSi2/c1-19-23(20-13-11-10-12-14-20)28-30(26(19)2,25-31(4,5)6)24(29-32(7,8)9)21-15-17-22(27-3)18-16-21/h10-19,23-24H,1-9H3/t19-,23-,24+,30+/m0/s1. The van der Waals surface area contributed by atoms with Crippen LogP contribution in [0.1, 0.15) is 30.0 Å². The highest BCUT2D eigenvalue weighted by molar-refractivity contribution is 7.60. The highest BCUT2D eigenvalue weighted by atomic mass is 31.2. The molecule has 176 valence electrons. The smallest absolute Gasteiger partial charge is 0.185 e. The van der Waals surface area contributed by atoms with E-state index < -0.39 is 24.0 Å². The first kappa shape index (κ1) is 25.4. The van der Waals surface area contributed by atoms with Gasteiger partial charge in [0.25, 0.3) is 0 Å². The maximum absolute atomic E-state index is 7.13. The van der Waals surface area contributed by atoms with Gasteiger partial charge in [-0.05, 0) is 76.5 Å². The Balaban J connectivity index is 2.21. The zero-order valence-corrected chi connectivity index (χ0v) is 23.9. The lowest BCUT2D eigenvalue weighted by atomic mass is 10.0. The van der Waals surface area contributed by atoms with Crippen molar-refractivity contribution in [2.24, 2.45) is 4.41 Å². The van der Waals surface area contributed by atoms with Gasteiger partial charge in [-0.25, -0.2) is 4.67 Å². The van der Waals surface area contributed by atoms with Gasteiger partial charge in [0.1, 0.15) is 17.7 Å². The fourth-order valence-corrected chi connectivity index (χ4v) is 13.3. The van der Waals surface area contributed by atoms with Crippen LogP contribution >= 0.6 is 7.43 Å². The highest BCUT2D eigenvalue weighted by Gasteiger charge is 2.51. The normalized spacial score (nSPS) is 25.5. The van der Waals surface area contributed by atoms with Crippen molar-refractivity contribution in [1.82, 2.24) is 4.67 Å². The Morgan fingerprint density at radius 3 is 2.06 bits per heavy atom. The first-order valence-electron chi connectivity index (χ1n) is 11.3. The molecule has 0 aliphatic carbocycles. The zero-order valence-electron chi connectivity index (χ0n) is 21.0. The molecule has 0 radical (unpaired) electrons. The topological polar surface area (TPSA) is 43.3 Å². The monoisotopic (exact) mass is 490 g/mol. The molecule has 2 aromatic carbocycles. The second kappa shape index (κ2) is 9.57. The van der Waals surface area contributed by atoms with E-state index in [0.717, 1.165) is 11.3 Å². The predicted octanol–water partition coefficient (Wildman–Crippen LogP) is 7.50. The number of ether oxygens (including phenoxy) is 1. The largest absolute Gasteiger partial charge is 0.497 e. The van der Waals surface area contributed by atoms with Gasteiger partial charge in [0, 0.05) is 6.04 Å². The molecule has 3 rings (SSSR count). The average Bonchev–Trinajstić information content (AvgIpc) is 2.97. The molecular formula is C24H39N2O3PSi2. The lowest BCUT2D eigenvalue weighted by Crippen LogP contribution is -2.32. The first-order valence-corrected chi connectivity index (χ1v) is 19.8. The van der Waals surface area contributed by atoms with Crippen LogP contribution in [-0.4, -0.2) is 41.4 Å². The van der Waals surface area contributed by atoms with Gasteiger partial charge in [0.15, 0.2) is 24.0 Å². The minimum Gasteiger partial charge on any atom is -0.497 e. The molecule has 1 heterocycles. The molecule has 8 heteroatoms. The molecule has 1 fully saturated rings. The van der Waals surface area contributed by atoms with Crippen LogP contribution in [0.5, 0.6) is 5.75 Å². The van der Waals surface area contributed by atoms with E-state index >= 15 is 0 Å². The SMILES string of the molecule is COc1ccc([C@H](O[Si](C)(C)C)[P@]2(=N[Si](C)(C)C)O[C@H](c3ccccc3)[C@H](C)N2C)cc1. The molecule has 5 nitrogen and oxygen atoms in total. The summed E-state index contributed by atoms with van der Waals surface area (Å²) in [6.07, 6.45) is -0.0411. The lowest BCUT2D eigenvalue weighted by molar-refractivity contribution is 0.201. The summed E-state index contributed by atoms with van der Waals surface area (Å²) in [6.45, 7) is 15.8. The van der Waals surface area contributed by atoms with Gasteiger partial charge in [-0.2, -0.15) is 0 Å². The Bertz CT molecular complexity index is 956. The molecule has 1 aliphatic heterocycles. The molecular weight excluding hydrogens is 451 g/mol. The van der Waals surface area contributed by atoms with Gasteiger partial charge in [0.2, 0.25) is 0 Å². The first-order chi connectivity index (χ1) is 14.9. The molecule has 0 spiro atoms. The van der Waals surface area contributed by atoms with Crippen LogP contribution in [0.4, 0.5) is 0 Å². The van der Waals surface area contributed by atoms with E-state index in [-0.39, 0.29) is 18.0 Å². The van der Waals surface area contributed by atoms with Crippen molar-refractivity contribution in [3.05, 3.63) is 65.7 Å². The number of likely N-dealkylation sites (N-methyl/N-ethyl adjacent to an activating group) is 1. The van der Waals surface area contributed by atoms with Crippen molar-refractivity contribution in [1.29, 1.82) is 0 Å². The van der Waals surface area contributed by atoms with Crippen molar-refractivity contribution in [3.8, 4) is 5.75 Å². The van der Waals surface area contributed by atoms with Crippen molar-refractivity contribution >= 4 is 24.0 Å². The molecule has 2 aromatic rings. The average molecular weight is 491 g/mol. The van der Waals surface area contributed by atoms with Crippen molar-refractivity contribution in [2.45, 2.75) is 64.2 Å². The van der Waals surface area contributed by atoms with Gasteiger partial charge in [0.05, 0.1) is 7.11 Å². The summed E-state index contributed by atoms with van der Waals surface area (Å²) < 4.78 is 27.5. The Morgan fingerprint density at radius 1 is 0.969 bits per heavy atom. The number of nitrogens with zero attached hydrogens (tertiary/aromatic N) is 2. The van der Waals surface area contributed by atoms with Gasteiger partial charge < -0.3 is 18.1 Å². The Morgan fingerprint density at radius 2 is 1.56 bits per heavy atom. The fourth-order valence-electron chi connectivity index (χ4n) is 4.00. The zero-order chi connectivity index (χ0) is 23.7. The number of methoxy groups -OCH3 is 1. The van der Waals surface area contributed by atoms with Crippen LogP contribution in [0.15, 0.2) is 59.0 Å². The number of rotatable bonds is 7. The van der Waals surface area contributed by atoms with E-state index in [0.29, 0.717) is 0 Å². The van der Waals surface area contributed by atoms with Crippen molar-refractivity contribution in [3.63, 3.8) is 0 Å². The van der Waals surface area contributed by atoms with Crippen LogP contribution in [0.2, 0.25) is 39.3 Å². The van der Waals surface area contributed by atoms with Gasteiger partial charge >= 0.3 is 0 Å². The molecule has 1 aliphatic rings. The summed E-state index contributed by atoms with van der Waals surface area (Å²) >= 11 is 0. The van der Waals surface area contributed by atoms with Crippen LogP contribution in [0, 0.1) is 0 Å². The molecule has 0 aromatic heterocycles. The summed E-state index contributed by atoms with van der Waals surface area (Å²) in [7, 11) is -2.42. The van der Waals surface area contributed by atoms with E-state index in [1.54, 1.807) is 7.11 Å². The number of hydrogen-bond donors (Lipinski definition) is 0. The van der Waals surface area contributed by atoms with E-state index in [1.165, 1.54) is 5.56 Å². The molecule has 0 amide bonds. The maximum atomic E-state index is 7.13. The van der Waals surface area contributed by atoms with Crippen molar-refractivity contribution < 1.29 is 13.7 Å². The number of benzene rings is 2. The Labute approximate surface area is 196 Å². The van der Waals surface area contributed by atoms with Crippen LogP contribution in [0.3, 0.4) is 0 Å². The Hall–Kier alpha value is -1.22. The number of hydrogen-bond acceptors (Lipinski definition) is 4. The minimum absolute atomic E-state index is 0.0411. The van der Waals surface area contributed by atoms with Gasteiger partial charge in [-0.15, -0.1) is 0 Å². The quantitative estimate of drug-likeness (QED) is 0.298. The second-order valence-corrected chi connectivity index (χ2v) is 22.6. The third kappa shape index (κ3) is 5.64. The highest BCUT2D eigenvalue weighted by Crippen LogP contribution is 2.73. The summed E-state index contributed by atoms with van der Waals surface area (Å²) in [5.41, 5.74) is 2.30. The molecule has 1 saturated heterocycles. The van der Waals surface area contributed by atoms with Crippen LogP contribution in [0.25, 0.3) is 0 Å². The lowest BCUT2D eigenvalue weighted by Gasteiger charge is -2.39. The second-order valence-electron chi connectivity index (χ2n) is 10.5. The third-order valence-electron chi connectivity index (χ3n) is 5.49. The summed E-state index contributed by atoms with van der Waals surface area (Å²) in [5.74, 6) is 0.610. The molecule has 4 atom stereocenters. The van der Waals surface area contributed by atoms with Gasteiger partial charge in [-0.1, -0.05) is 42.5 Å². The minimum atomic E-state index is -2.50. The van der Waals surface area contributed by atoms with Crippen molar-refractivity contribution in [2.75, 3.05) is 14.2 Å². The van der Waals surface area contributed by atoms with E-state index in [1.807, 2.05) is 12.1 Å². The van der Waals surface area contributed by atoms with E-state index in [4.69, 9.17) is 18.1 Å². The molecule has 32 heavy (non-hydrogen) atoms. The molecule has 0 bridgehead atoms. The van der Waals surface area contributed by atoms with E-state index in [9.17, 15) is 0 Å². The fraction of sp³-hybridized carbons (Fsp3) is 0.500. The predicted molar refractivity (Wildman–Crippen MR) is 140 cm³/mol. The summed E-state index contributed by atoms with van der Waals surface area (Å²) in [6, 6.07) is 19.0. The van der Waals surface area contributed by atoms with E-state index in [2.05, 4.69) is 100 Å². The van der Waals surface area contributed by atoms with Gasteiger partial charge in [-0.3, -0.25) is 0 Å². The molecule has 0 N–H and O–H groups in total. The summed E-state index contributed by atoms with van der Waals surface area (Å²) in [5, 5.41) is 0. The Kier molecular flexibility index (Phi) is 7.60. The third-order valence-corrected chi connectivity index (χ3v) is 13.0. The molecule has 0 unspecified atom stereocenters. The summed E-state index contributed by atoms with van der Waals surface area (Å²) in [4.78, 5) is 0. The maximum Gasteiger partial charge on any atom is 0.185 e. The van der Waals surface area contributed by atoms with Crippen LogP contribution < -0.4 is 4.74 Å². The van der Waals surface area contributed by atoms with Crippen LogP contribution in [-0.2, 0) is 8.95 Å². The molecule has 0 saturated carbocycles.